The van der Waals surface area contributed by atoms with Crippen LogP contribution in [0.15, 0.2) is 28.7 Å². The Bertz CT molecular complexity index is 461. The van der Waals surface area contributed by atoms with Gasteiger partial charge in [0.1, 0.15) is 5.52 Å². The summed E-state index contributed by atoms with van der Waals surface area (Å²) >= 11 is 0. The normalized spacial score (nSPS) is 21.6. The van der Waals surface area contributed by atoms with E-state index in [1.54, 1.807) is 0 Å². The molecule has 4 heteroatoms. The molecule has 0 amide bonds. The largest absolute Gasteiger partial charge is 0.423 e. The van der Waals surface area contributed by atoms with Crippen LogP contribution in [0.1, 0.15) is 6.92 Å². The number of aromatic nitrogens is 1. The van der Waals surface area contributed by atoms with Crippen LogP contribution < -0.4 is 10.2 Å². The van der Waals surface area contributed by atoms with E-state index in [0.717, 1.165) is 36.7 Å². The van der Waals surface area contributed by atoms with E-state index in [0.29, 0.717) is 6.04 Å². The first kappa shape index (κ1) is 9.66. The van der Waals surface area contributed by atoms with Crippen LogP contribution >= 0.6 is 0 Å². The fraction of sp³-hybridized carbons (Fsp3) is 0.417. The quantitative estimate of drug-likeness (QED) is 0.788. The highest BCUT2D eigenvalue weighted by molar-refractivity contribution is 5.74. The average molecular weight is 217 g/mol. The van der Waals surface area contributed by atoms with Crippen LogP contribution in [0.3, 0.4) is 0 Å². The number of anilines is 1. The zero-order valence-corrected chi connectivity index (χ0v) is 9.31. The number of piperazine rings is 1. The van der Waals surface area contributed by atoms with Gasteiger partial charge in [-0.2, -0.15) is 4.98 Å². The topological polar surface area (TPSA) is 41.3 Å². The molecule has 1 fully saturated rings. The summed E-state index contributed by atoms with van der Waals surface area (Å²) in [7, 11) is 0. The second kappa shape index (κ2) is 3.79. The van der Waals surface area contributed by atoms with E-state index in [4.69, 9.17) is 4.42 Å². The summed E-state index contributed by atoms with van der Waals surface area (Å²) in [5.41, 5.74) is 1.80. The van der Waals surface area contributed by atoms with Crippen molar-refractivity contribution in [3.63, 3.8) is 0 Å². The lowest BCUT2D eigenvalue weighted by Crippen LogP contribution is -2.50. The van der Waals surface area contributed by atoms with Crippen molar-refractivity contribution in [1.82, 2.24) is 10.3 Å². The summed E-state index contributed by atoms with van der Waals surface area (Å²) in [4.78, 5) is 6.74. The minimum absolute atomic E-state index is 0.432. The van der Waals surface area contributed by atoms with Crippen molar-refractivity contribution >= 4 is 17.1 Å². The molecule has 2 aromatic rings. The summed E-state index contributed by atoms with van der Waals surface area (Å²) < 4.78 is 5.76. The molecule has 1 aromatic heterocycles. The van der Waals surface area contributed by atoms with Crippen LogP contribution in [-0.4, -0.2) is 30.7 Å². The molecule has 4 nitrogen and oxygen atoms in total. The number of nitrogens with zero attached hydrogens (tertiary/aromatic N) is 2. The lowest BCUT2D eigenvalue weighted by Gasteiger charge is -2.32. The number of para-hydroxylation sites is 2. The van der Waals surface area contributed by atoms with Gasteiger partial charge in [0.25, 0.3) is 6.01 Å². The first-order chi connectivity index (χ1) is 7.84. The Balaban J connectivity index is 1.98. The lowest BCUT2D eigenvalue weighted by atomic mass is 10.2. The SMILES string of the molecule is CC1CNCCN1c1nc2ccccc2o1. The van der Waals surface area contributed by atoms with Crippen LogP contribution in [0.4, 0.5) is 6.01 Å². The standard InChI is InChI=1S/C12H15N3O/c1-9-8-13-6-7-15(9)12-14-10-4-2-3-5-11(10)16-12/h2-5,9,13H,6-8H2,1H3. The van der Waals surface area contributed by atoms with Crippen molar-refractivity contribution in [2.75, 3.05) is 24.5 Å². The molecule has 1 atom stereocenters. The summed E-state index contributed by atoms with van der Waals surface area (Å²) in [5.74, 6) is 0. The predicted octanol–water partition coefficient (Wildman–Crippen LogP) is 1.63. The predicted molar refractivity (Wildman–Crippen MR) is 63.7 cm³/mol. The highest BCUT2D eigenvalue weighted by atomic mass is 16.4. The van der Waals surface area contributed by atoms with Gasteiger partial charge in [-0.25, -0.2) is 0 Å². The fourth-order valence-corrected chi connectivity index (χ4v) is 2.11. The van der Waals surface area contributed by atoms with Crippen LogP contribution in [0.2, 0.25) is 0 Å². The van der Waals surface area contributed by atoms with Gasteiger partial charge in [0, 0.05) is 25.7 Å². The van der Waals surface area contributed by atoms with Crippen molar-refractivity contribution in [2.45, 2.75) is 13.0 Å². The molecular weight excluding hydrogens is 202 g/mol. The van der Waals surface area contributed by atoms with Crippen molar-refractivity contribution in [2.24, 2.45) is 0 Å². The van der Waals surface area contributed by atoms with E-state index in [-0.39, 0.29) is 0 Å². The Morgan fingerprint density at radius 2 is 2.31 bits per heavy atom. The molecule has 0 aliphatic carbocycles. The average Bonchev–Trinajstić information content (AvgIpc) is 2.73. The molecule has 1 aromatic carbocycles. The van der Waals surface area contributed by atoms with Crippen molar-refractivity contribution < 1.29 is 4.42 Å². The molecule has 16 heavy (non-hydrogen) atoms. The first-order valence-electron chi connectivity index (χ1n) is 5.67. The van der Waals surface area contributed by atoms with Gasteiger partial charge in [-0.3, -0.25) is 0 Å². The maximum Gasteiger partial charge on any atom is 0.298 e. The van der Waals surface area contributed by atoms with Crippen LogP contribution in [0.25, 0.3) is 11.1 Å². The molecule has 1 aliphatic heterocycles. The Morgan fingerprint density at radius 3 is 3.12 bits per heavy atom. The van der Waals surface area contributed by atoms with Gasteiger partial charge in [-0.05, 0) is 19.1 Å². The zero-order chi connectivity index (χ0) is 11.0. The van der Waals surface area contributed by atoms with Gasteiger partial charge in [0.15, 0.2) is 5.58 Å². The molecular formula is C12H15N3O. The van der Waals surface area contributed by atoms with E-state index in [1.807, 2.05) is 24.3 Å². The monoisotopic (exact) mass is 217 g/mol. The maximum absolute atomic E-state index is 5.76. The first-order valence-corrected chi connectivity index (χ1v) is 5.67. The van der Waals surface area contributed by atoms with E-state index in [9.17, 15) is 0 Å². The molecule has 0 bridgehead atoms. The van der Waals surface area contributed by atoms with Gasteiger partial charge in [-0.1, -0.05) is 12.1 Å². The molecule has 0 spiro atoms. The smallest absolute Gasteiger partial charge is 0.298 e. The summed E-state index contributed by atoms with van der Waals surface area (Å²) in [6.45, 7) is 5.11. The molecule has 1 saturated heterocycles. The number of fused-ring (bicyclic) bond motifs is 1. The summed E-state index contributed by atoms with van der Waals surface area (Å²) in [6, 6.07) is 9.07. The molecule has 2 heterocycles. The fourth-order valence-electron chi connectivity index (χ4n) is 2.11. The Labute approximate surface area is 94.3 Å². The van der Waals surface area contributed by atoms with Gasteiger partial charge in [-0.15, -0.1) is 0 Å². The van der Waals surface area contributed by atoms with E-state index in [1.165, 1.54) is 0 Å². The number of nitrogens with one attached hydrogen (secondary N) is 1. The third kappa shape index (κ3) is 1.55. The Hall–Kier alpha value is -1.55. The lowest BCUT2D eigenvalue weighted by molar-refractivity contribution is 0.456. The van der Waals surface area contributed by atoms with Gasteiger partial charge in [0.2, 0.25) is 0 Å². The minimum Gasteiger partial charge on any atom is -0.423 e. The van der Waals surface area contributed by atoms with Crippen molar-refractivity contribution in [3.8, 4) is 0 Å². The summed E-state index contributed by atoms with van der Waals surface area (Å²) in [6.07, 6.45) is 0. The molecule has 0 radical (unpaired) electrons. The Morgan fingerprint density at radius 1 is 1.44 bits per heavy atom. The maximum atomic E-state index is 5.76. The highest BCUT2D eigenvalue weighted by Gasteiger charge is 2.22. The molecule has 3 rings (SSSR count). The second-order valence-electron chi connectivity index (χ2n) is 4.21. The minimum atomic E-state index is 0.432. The number of benzene rings is 1. The van der Waals surface area contributed by atoms with Crippen molar-refractivity contribution in [3.05, 3.63) is 24.3 Å². The number of oxazole rings is 1. The van der Waals surface area contributed by atoms with Crippen molar-refractivity contribution in [1.29, 1.82) is 0 Å². The highest BCUT2D eigenvalue weighted by Crippen LogP contribution is 2.23. The third-order valence-electron chi connectivity index (χ3n) is 3.03. The second-order valence-corrected chi connectivity index (χ2v) is 4.21. The molecule has 1 N–H and O–H groups in total. The molecule has 84 valence electrons. The van der Waals surface area contributed by atoms with Crippen LogP contribution in [0.5, 0.6) is 0 Å². The summed E-state index contributed by atoms with van der Waals surface area (Å²) in [5, 5.41) is 3.36. The molecule has 1 aliphatic rings. The molecule has 0 saturated carbocycles. The number of hydrogen-bond donors (Lipinski definition) is 1. The van der Waals surface area contributed by atoms with Gasteiger partial charge >= 0.3 is 0 Å². The van der Waals surface area contributed by atoms with E-state index in [2.05, 4.69) is 22.1 Å². The van der Waals surface area contributed by atoms with Crippen LogP contribution in [-0.2, 0) is 0 Å². The number of hydrogen-bond acceptors (Lipinski definition) is 4. The van der Waals surface area contributed by atoms with E-state index >= 15 is 0 Å². The number of rotatable bonds is 1. The van der Waals surface area contributed by atoms with E-state index < -0.39 is 0 Å². The Kier molecular flexibility index (Phi) is 2.29. The zero-order valence-electron chi connectivity index (χ0n) is 9.31. The van der Waals surface area contributed by atoms with Crippen LogP contribution in [0, 0.1) is 0 Å². The third-order valence-corrected chi connectivity index (χ3v) is 3.03. The van der Waals surface area contributed by atoms with Gasteiger partial charge < -0.3 is 14.6 Å². The van der Waals surface area contributed by atoms with Gasteiger partial charge in [0.05, 0.1) is 0 Å². The molecule has 1 unspecified atom stereocenters.